The molecule has 23 heavy (non-hydrogen) atoms. The van der Waals surface area contributed by atoms with Gasteiger partial charge in [0.05, 0.1) is 0 Å². The molecule has 0 saturated carbocycles. The van der Waals surface area contributed by atoms with Crippen molar-refractivity contribution in [3.63, 3.8) is 0 Å². The minimum absolute atomic E-state index is 0.661. The van der Waals surface area contributed by atoms with Crippen molar-refractivity contribution in [2.45, 2.75) is 64.8 Å². The summed E-state index contributed by atoms with van der Waals surface area (Å²) >= 11 is 0. The number of benzene rings is 1. The molecule has 1 aliphatic heterocycles. The van der Waals surface area contributed by atoms with Gasteiger partial charge in [-0.3, -0.25) is 4.90 Å². The van der Waals surface area contributed by atoms with Crippen LogP contribution in [0.1, 0.15) is 57.9 Å². The molecule has 0 aromatic heterocycles. The second-order valence-electron chi connectivity index (χ2n) is 7.18. The van der Waals surface area contributed by atoms with Gasteiger partial charge in [-0.1, -0.05) is 69.4 Å². The summed E-state index contributed by atoms with van der Waals surface area (Å²) in [5.74, 6) is 0. The first-order chi connectivity index (χ1) is 11.3. The van der Waals surface area contributed by atoms with Crippen LogP contribution in [0.4, 0.5) is 0 Å². The van der Waals surface area contributed by atoms with Crippen LogP contribution in [0.15, 0.2) is 30.3 Å². The highest BCUT2D eigenvalue weighted by molar-refractivity contribution is 5.15. The predicted octanol–water partition coefficient (Wildman–Crippen LogP) is 4.60. The fourth-order valence-electron chi connectivity index (χ4n) is 3.63. The summed E-state index contributed by atoms with van der Waals surface area (Å²) in [5.41, 5.74) is 1.47. The maximum atomic E-state index is 2.67. The van der Waals surface area contributed by atoms with Gasteiger partial charge < -0.3 is 4.90 Å². The molecule has 130 valence electrons. The highest BCUT2D eigenvalue weighted by Crippen LogP contribution is 2.13. The van der Waals surface area contributed by atoms with Gasteiger partial charge in [0.2, 0.25) is 0 Å². The number of rotatable bonds is 10. The summed E-state index contributed by atoms with van der Waals surface area (Å²) in [7, 11) is 0. The standard InChI is InChI=1S/C21H36N2/c1-3-4-5-6-7-11-14-22-15-17-23(18-16-22)20(2)19-21-12-9-8-10-13-21/h8-10,12-13,20H,3-7,11,14-19H2,1-2H3. The van der Waals surface area contributed by atoms with Gasteiger partial charge in [0, 0.05) is 32.2 Å². The molecule has 1 aromatic rings. The second kappa shape index (κ2) is 10.8. The maximum Gasteiger partial charge on any atom is 0.0113 e. The summed E-state index contributed by atoms with van der Waals surface area (Å²) < 4.78 is 0. The zero-order chi connectivity index (χ0) is 16.3. The Morgan fingerprint density at radius 1 is 0.870 bits per heavy atom. The van der Waals surface area contributed by atoms with Crippen molar-refractivity contribution < 1.29 is 0 Å². The van der Waals surface area contributed by atoms with Crippen molar-refractivity contribution in [2.24, 2.45) is 0 Å². The Balaban J connectivity index is 1.58. The lowest BCUT2D eigenvalue weighted by Gasteiger charge is -2.38. The summed E-state index contributed by atoms with van der Waals surface area (Å²) in [6.45, 7) is 11.0. The third-order valence-electron chi connectivity index (χ3n) is 5.23. The molecule has 1 fully saturated rings. The van der Waals surface area contributed by atoms with Gasteiger partial charge in [-0.15, -0.1) is 0 Å². The molecule has 2 rings (SSSR count). The van der Waals surface area contributed by atoms with E-state index in [1.807, 2.05) is 0 Å². The molecule has 1 atom stereocenters. The molecular formula is C21H36N2. The molecule has 0 amide bonds. The van der Waals surface area contributed by atoms with E-state index >= 15 is 0 Å². The molecule has 0 bridgehead atoms. The Hall–Kier alpha value is -0.860. The lowest BCUT2D eigenvalue weighted by molar-refractivity contribution is 0.101. The fraction of sp³-hybridized carbons (Fsp3) is 0.714. The minimum atomic E-state index is 0.661. The molecule has 2 nitrogen and oxygen atoms in total. The highest BCUT2D eigenvalue weighted by atomic mass is 15.3. The van der Waals surface area contributed by atoms with Crippen LogP contribution in [0.25, 0.3) is 0 Å². The first-order valence-corrected chi connectivity index (χ1v) is 9.80. The average molecular weight is 317 g/mol. The van der Waals surface area contributed by atoms with Crippen LogP contribution in [0.5, 0.6) is 0 Å². The van der Waals surface area contributed by atoms with Crippen molar-refractivity contribution in [1.29, 1.82) is 0 Å². The minimum Gasteiger partial charge on any atom is -0.301 e. The largest absolute Gasteiger partial charge is 0.301 e. The average Bonchev–Trinajstić information content (AvgIpc) is 2.59. The van der Waals surface area contributed by atoms with E-state index in [0.29, 0.717) is 6.04 Å². The molecule has 0 spiro atoms. The number of hydrogen-bond donors (Lipinski definition) is 0. The van der Waals surface area contributed by atoms with Gasteiger partial charge in [0.15, 0.2) is 0 Å². The van der Waals surface area contributed by atoms with Gasteiger partial charge in [-0.25, -0.2) is 0 Å². The number of unbranched alkanes of at least 4 members (excludes halogenated alkanes) is 5. The Morgan fingerprint density at radius 3 is 2.22 bits per heavy atom. The van der Waals surface area contributed by atoms with Gasteiger partial charge in [0.25, 0.3) is 0 Å². The predicted molar refractivity (Wildman–Crippen MR) is 101 cm³/mol. The van der Waals surface area contributed by atoms with E-state index in [1.165, 1.54) is 83.2 Å². The van der Waals surface area contributed by atoms with Crippen LogP contribution >= 0.6 is 0 Å². The zero-order valence-electron chi connectivity index (χ0n) is 15.3. The molecule has 1 heterocycles. The lowest BCUT2D eigenvalue weighted by atomic mass is 10.1. The quantitative estimate of drug-likeness (QED) is 0.582. The molecule has 1 aliphatic rings. The van der Waals surface area contributed by atoms with Crippen molar-refractivity contribution in [3.05, 3.63) is 35.9 Å². The van der Waals surface area contributed by atoms with Gasteiger partial charge in [0.1, 0.15) is 0 Å². The molecule has 1 aromatic carbocycles. The van der Waals surface area contributed by atoms with E-state index in [4.69, 9.17) is 0 Å². The van der Waals surface area contributed by atoms with Crippen LogP contribution in [0, 0.1) is 0 Å². The third kappa shape index (κ3) is 7.05. The van der Waals surface area contributed by atoms with Gasteiger partial charge in [-0.05, 0) is 31.9 Å². The first-order valence-electron chi connectivity index (χ1n) is 9.80. The fourth-order valence-corrected chi connectivity index (χ4v) is 3.63. The molecule has 0 aliphatic carbocycles. The number of piperazine rings is 1. The van der Waals surface area contributed by atoms with Crippen LogP contribution in [-0.4, -0.2) is 48.6 Å². The molecule has 0 radical (unpaired) electrons. The summed E-state index contributed by atoms with van der Waals surface area (Å²) in [6, 6.07) is 11.6. The molecule has 2 heteroatoms. The Morgan fingerprint density at radius 2 is 1.52 bits per heavy atom. The maximum absolute atomic E-state index is 2.67. The van der Waals surface area contributed by atoms with Crippen molar-refractivity contribution in [2.75, 3.05) is 32.7 Å². The van der Waals surface area contributed by atoms with E-state index in [0.717, 1.165) is 0 Å². The molecule has 1 saturated heterocycles. The number of hydrogen-bond acceptors (Lipinski definition) is 2. The topological polar surface area (TPSA) is 6.48 Å². The monoisotopic (exact) mass is 316 g/mol. The summed E-state index contributed by atoms with van der Waals surface area (Å²) in [5, 5.41) is 0. The Bertz CT molecular complexity index is 396. The van der Waals surface area contributed by atoms with E-state index in [2.05, 4.69) is 54.0 Å². The van der Waals surface area contributed by atoms with E-state index < -0.39 is 0 Å². The van der Waals surface area contributed by atoms with Crippen LogP contribution < -0.4 is 0 Å². The van der Waals surface area contributed by atoms with Gasteiger partial charge >= 0.3 is 0 Å². The van der Waals surface area contributed by atoms with Crippen LogP contribution in [-0.2, 0) is 6.42 Å². The zero-order valence-corrected chi connectivity index (χ0v) is 15.3. The van der Waals surface area contributed by atoms with Crippen molar-refractivity contribution in [3.8, 4) is 0 Å². The van der Waals surface area contributed by atoms with Crippen LogP contribution in [0.2, 0.25) is 0 Å². The van der Waals surface area contributed by atoms with E-state index in [1.54, 1.807) is 0 Å². The van der Waals surface area contributed by atoms with Crippen LogP contribution in [0.3, 0.4) is 0 Å². The highest BCUT2D eigenvalue weighted by Gasteiger charge is 2.20. The Kier molecular flexibility index (Phi) is 8.70. The van der Waals surface area contributed by atoms with E-state index in [9.17, 15) is 0 Å². The third-order valence-corrected chi connectivity index (χ3v) is 5.23. The van der Waals surface area contributed by atoms with Crippen molar-refractivity contribution >= 4 is 0 Å². The summed E-state index contributed by atoms with van der Waals surface area (Å²) in [4.78, 5) is 5.34. The van der Waals surface area contributed by atoms with E-state index in [-0.39, 0.29) is 0 Å². The Labute approximate surface area is 143 Å². The number of nitrogens with zero attached hydrogens (tertiary/aromatic N) is 2. The lowest BCUT2D eigenvalue weighted by Crippen LogP contribution is -2.50. The second-order valence-corrected chi connectivity index (χ2v) is 7.18. The van der Waals surface area contributed by atoms with Gasteiger partial charge in [-0.2, -0.15) is 0 Å². The molecule has 0 N–H and O–H groups in total. The first kappa shape index (κ1) is 18.5. The normalized spacial score (nSPS) is 18.2. The molecular weight excluding hydrogens is 280 g/mol. The SMILES string of the molecule is CCCCCCCCN1CCN(C(C)Cc2ccccc2)CC1. The smallest absolute Gasteiger partial charge is 0.0113 e. The summed E-state index contributed by atoms with van der Waals surface area (Å²) in [6.07, 6.45) is 9.62. The molecule has 1 unspecified atom stereocenters. The van der Waals surface area contributed by atoms with Crippen molar-refractivity contribution in [1.82, 2.24) is 9.80 Å².